The summed E-state index contributed by atoms with van der Waals surface area (Å²) in [4.78, 5) is 23.4. The zero-order valence-electron chi connectivity index (χ0n) is 12.9. The van der Waals surface area contributed by atoms with Crippen molar-refractivity contribution in [3.8, 4) is 0 Å². The summed E-state index contributed by atoms with van der Waals surface area (Å²) in [7, 11) is 1.57. The van der Waals surface area contributed by atoms with E-state index in [2.05, 4.69) is 10.6 Å². The van der Waals surface area contributed by atoms with Crippen LogP contribution in [0.15, 0.2) is 0 Å². The van der Waals surface area contributed by atoms with Gasteiger partial charge in [0.15, 0.2) is 0 Å². The number of hydrogen-bond donors (Lipinski definition) is 2. The van der Waals surface area contributed by atoms with Gasteiger partial charge in [-0.25, -0.2) is 0 Å². The molecule has 0 bridgehead atoms. The summed E-state index contributed by atoms with van der Waals surface area (Å²) in [5, 5.41) is 5.31. The van der Waals surface area contributed by atoms with Crippen LogP contribution in [-0.4, -0.2) is 37.6 Å². The van der Waals surface area contributed by atoms with Crippen LogP contribution < -0.4 is 10.6 Å². The molecule has 0 aromatic carbocycles. The highest BCUT2D eigenvalue weighted by Crippen LogP contribution is 2.24. The van der Waals surface area contributed by atoms with E-state index >= 15 is 0 Å². The highest BCUT2D eigenvalue weighted by atomic mass is 16.5. The maximum atomic E-state index is 11.9. The summed E-state index contributed by atoms with van der Waals surface area (Å²) < 4.78 is 5.84. The normalized spacial score (nSPS) is 19.1. The smallest absolute Gasteiger partial charge is 0.245 e. The second-order valence-corrected chi connectivity index (χ2v) is 5.56. The van der Waals surface area contributed by atoms with Gasteiger partial charge >= 0.3 is 0 Å². The van der Waals surface area contributed by atoms with E-state index in [0.717, 1.165) is 0 Å². The standard InChI is InChI=1S/C15H28N2O3/c1-4-13(18)17-14(15(19)16-3)11(2)20-10-12-8-6-5-7-9-12/h11-12,14H,4-10H2,1-3H3,(H,16,19)(H,17,18). The van der Waals surface area contributed by atoms with Crippen LogP contribution in [0, 0.1) is 5.92 Å². The van der Waals surface area contributed by atoms with Crippen LogP contribution in [0.25, 0.3) is 0 Å². The molecule has 2 atom stereocenters. The summed E-state index contributed by atoms with van der Waals surface area (Å²) in [6, 6.07) is -0.615. The summed E-state index contributed by atoms with van der Waals surface area (Å²) in [6.07, 6.45) is 6.33. The minimum absolute atomic E-state index is 0.133. The van der Waals surface area contributed by atoms with Gasteiger partial charge in [0, 0.05) is 20.1 Å². The Morgan fingerprint density at radius 3 is 2.45 bits per heavy atom. The molecule has 0 aromatic rings. The minimum atomic E-state index is -0.615. The second kappa shape index (κ2) is 8.95. The third-order valence-electron chi connectivity index (χ3n) is 3.96. The SMILES string of the molecule is CCC(=O)NC(C(=O)NC)C(C)OCC1CCCCC1. The molecule has 0 radical (unpaired) electrons. The van der Waals surface area contributed by atoms with E-state index < -0.39 is 6.04 Å². The zero-order valence-corrected chi connectivity index (χ0v) is 12.9. The molecule has 2 unspecified atom stereocenters. The van der Waals surface area contributed by atoms with Crippen molar-refractivity contribution in [2.45, 2.75) is 64.5 Å². The van der Waals surface area contributed by atoms with Crippen LogP contribution in [0.4, 0.5) is 0 Å². The minimum Gasteiger partial charge on any atom is -0.376 e. The number of likely N-dealkylation sites (N-methyl/N-ethyl adjacent to an activating group) is 1. The number of carbonyl (C=O) groups excluding carboxylic acids is 2. The summed E-state index contributed by atoms with van der Waals surface area (Å²) in [5.74, 6) is 0.257. The Balaban J connectivity index is 2.46. The summed E-state index contributed by atoms with van der Waals surface area (Å²) >= 11 is 0. The third kappa shape index (κ3) is 5.49. The lowest BCUT2D eigenvalue weighted by Gasteiger charge is -2.27. The number of hydrogen-bond acceptors (Lipinski definition) is 3. The number of ether oxygens (including phenoxy) is 1. The largest absolute Gasteiger partial charge is 0.376 e. The maximum absolute atomic E-state index is 11.9. The lowest BCUT2D eigenvalue weighted by Crippen LogP contribution is -2.52. The summed E-state index contributed by atoms with van der Waals surface area (Å²) in [6.45, 7) is 4.29. The molecule has 0 aliphatic heterocycles. The van der Waals surface area contributed by atoms with E-state index in [4.69, 9.17) is 4.74 Å². The van der Waals surface area contributed by atoms with Crippen molar-refractivity contribution in [1.29, 1.82) is 0 Å². The van der Waals surface area contributed by atoms with Crippen LogP contribution >= 0.6 is 0 Å². The predicted octanol–water partition coefficient (Wildman–Crippen LogP) is 1.61. The Morgan fingerprint density at radius 2 is 1.90 bits per heavy atom. The van der Waals surface area contributed by atoms with Crippen molar-refractivity contribution in [3.05, 3.63) is 0 Å². The van der Waals surface area contributed by atoms with Gasteiger partial charge in [0.25, 0.3) is 0 Å². The molecular weight excluding hydrogens is 256 g/mol. The van der Waals surface area contributed by atoms with Crippen LogP contribution in [0.3, 0.4) is 0 Å². The zero-order chi connectivity index (χ0) is 15.0. The number of nitrogens with one attached hydrogen (secondary N) is 2. The quantitative estimate of drug-likeness (QED) is 0.746. The van der Waals surface area contributed by atoms with Crippen LogP contribution in [0.2, 0.25) is 0 Å². The molecule has 5 heteroatoms. The molecule has 2 N–H and O–H groups in total. The number of rotatable bonds is 7. The molecule has 116 valence electrons. The van der Waals surface area contributed by atoms with Crippen molar-refractivity contribution in [3.63, 3.8) is 0 Å². The monoisotopic (exact) mass is 284 g/mol. The van der Waals surface area contributed by atoms with E-state index in [-0.39, 0.29) is 17.9 Å². The molecule has 20 heavy (non-hydrogen) atoms. The van der Waals surface area contributed by atoms with Gasteiger partial charge in [0.1, 0.15) is 6.04 Å². The predicted molar refractivity (Wildman–Crippen MR) is 78.3 cm³/mol. The van der Waals surface area contributed by atoms with Crippen molar-refractivity contribution < 1.29 is 14.3 Å². The number of carbonyl (C=O) groups is 2. The molecule has 1 saturated carbocycles. The molecule has 0 heterocycles. The van der Waals surface area contributed by atoms with Crippen molar-refractivity contribution in [2.24, 2.45) is 5.92 Å². The highest BCUT2D eigenvalue weighted by molar-refractivity contribution is 5.87. The molecule has 1 rings (SSSR count). The fourth-order valence-electron chi connectivity index (χ4n) is 2.56. The molecule has 5 nitrogen and oxygen atoms in total. The van der Waals surface area contributed by atoms with Gasteiger partial charge in [0.05, 0.1) is 6.10 Å². The van der Waals surface area contributed by atoms with Gasteiger partial charge in [0.2, 0.25) is 11.8 Å². The highest BCUT2D eigenvalue weighted by Gasteiger charge is 2.27. The molecule has 0 saturated heterocycles. The van der Waals surface area contributed by atoms with Gasteiger partial charge < -0.3 is 15.4 Å². The average molecular weight is 284 g/mol. The first kappa shape index (κ1) is 17.0. The number of amides is 2. The van der Waals surface area contributed by atoms with E-state index in [1.54, 1.807) is 14.0 Å². The van der Waals surface area contributed by atoms with Crippen molar-refractivity contribution in [1.82, 2.24) is 10.6 Å². The van der Waals surface area contributed by atoms with Crippen LogP contribution in [0.5, 0.6) is 0 Å². The molecule has 0 spiro atoms. The molecule has 2 amide bonds. The molecule has 1 fully saturated rings. The first-order chi connectivity index (χ1) is 9.58. The van der Waals surface area contributed by atoms with Gasteiger partial charge in [-0.2, -0.15) is 0 Å². The van der Waals surface area contributed by atoms with Gasteiger partial charge in [-0.1, -0.05) is 26.2 Å². The fourth-order valence-corrected chi connectivity index (χ4v) is 2.56. The van der Waals surface area contributed by atoms with Gasteiger partial charge in [-0.05, 0) is 25.7 Å². The Bertz CT molecular complexity index is 314. The molecular formula is C15H28N2O3. The fraction of sp³-hybridized carbons (Fsp3) is 0.867. The van der Waals surface area contributed by atoms with Gasteiger partial charge in [-0.3, -0.25) is 9.59 Å². The summed E-state index contributed by atoms with van der Waals surface area (Å²) in [5.41, 5.74) is 0. The Hall–Kier alpha value is -1.10. The van der Waals surface area contributed by atoms with Crippen molar-refractivity contribution >= 4 is 11.8 Å². The third-order valence-corrected chi connectivity index (χ3v) is 3.96. The van der Waals surface area contributed by atoms with E-state index in [1.807, 2.05) is 6.92 Å². The van der Waals surface area contributed by atoms with Gasteiger partial charge in [-0.15, -0.1) is 0 Å². The average Bonchev–Trinajstić information content (AvgIpc) is 2.50. The van der Waals surface area contributed by atoms with E-state index in [0.29, 0.717) is 18.9 Å². The Labute approximate surface area is 121 Å². The first-order valence-electron chi connectivity index (χ1n) is 7.71. The maximum Gasteiger partial charge on any atom is 0.245 e. The van der Waals surface area contributed by atoms with Crippen molar-refractivity contribution in [2.75, 3.05) is 13.7 Å². The molecule has 1 aliphatic rings. The Kier molecular flexibility index (Phi) is 7.59. The second-order valence-electron chi connectivity index (χ2n) is 5.56. The lowest BCUT2D eigenvalue weighted by molar-refractivity contribution is -0.132. The topological polar surface area (TPSA) is 67.4 Å². The first-order valence-corrected chi connectivity index (χ1v) is 7.71. The van der Waals surface area contributed by atoms with Crippen LogP contribution in [-0.2, 0) is 14.3 Å². The lowest BCUT2D eigenvalue weighted by atomic mass is 9.90. The van der Waals surface area contributed by atoms with E-state index in [1.165, 1.54) is 32.1 Å². The molecule has 1 aliphatic carbocycles. The Morgan fingerprint density at radius 1 is 1.25 bits per heavy atom. The molecule has 0 aromatic heterocycles. The van der Waals surface area contributed by atoms with Crippen LogP contribution in [0.1, 0.15) is 52.4 Å². The van der Waals surface area contributed by atoms with E-state index in [9.17, 15) is 9.59 Å².